The predicted octanol–water partition coefficient (Wildman–Crippen LogP) is 3.97. The standard InChI is InChI=1S/C29H33N3O3/c1-20(30)24-13-7-22(8-14-24)12-18-28(34)27(19-23-9-15-25(33)16-10-23)32-29(35)26(31)17-11-21-5-3-2-4-6-21/h2-10,13-16,26-27,30,33H,11-12,17-19,31H2,1H3,(H,32,35)/t26-,27+/m1/s1. The van der Waals surface area contributed by atoms with E-state index in [1.54, 1.807) is 31.2 Å². The number of nitrogens with one attached hydrogen (secondary N) is 2. The van der Waals surface area contributed by atoms with Crippen LogP contribution in [0.2, 0.25) is 0 Å². The second-order valence-corrected chi connectivity index (χ2v) is 8.85. The molecule has 0 aliphatic carbocycles. The van der Waals surface area contributed by atoms with Crippen LogP contribution in [-0.2, 0) is 28.9 Å². The van der Waals surface area contributed by atoms with E-state index in [-0.39, 0.29) is 23.9 Å². The van der Waals surface area contributed by atoms with Crippen molar-refractivity contribution in [3.8, 4) is 5.75 Å². The van der Waals surface area contributed by atoms with E-state index in [2.05, 4.69) is 5.32 Å². The van der Waals surface area contributed by atoms with Crippen LogP contribution < -0.4 is 11.1 Å². The minimum atomic E-state index is -0.720. The molecule has 5 N–H and O–H groups in total. The Hall–Kier alpha value is -3.77. The number of benzene rings is 3. The molecule has 0 saturated carbocycles. The molecule has 6 heteroatoms. The fraction of sp³-hybridized carbons (Fsp3) is 0.276. The Morgan fingerprint density at radius 3 is 2.11 bits per heavy atom. The van der Waals surface area contributed by atoms with E-state index in [1.165, 1.54) is 0 Å². The minimum Gasteiger partial charge on any atom is -0.508 e. The topological polar surface area (TPSA) is 116 Å². The zero-order valence-corrected chi connectivity index (χ0v) is 20.0. The molecule has 6 nitrogen and oxygen atoms in total. The Balaban J connectivity index is 1.63. The molecule has 0 radical (unpaired) electrons. The van der Waals surface area contributed by atoms with Crippen LogP contribution in [0.3, 0.4) is 0 Å². The molecule has 1 amide bonds. The van der Waals surface area contributed by atoms with E-state index in [0.717, 1.165) is 22.3 Å². The molecule has 0 aliphatic rings. The second-order valence-electron chi connectivity index (χ2n) is 8.85. The molecule has 2 atom stereocenters. The molecule has 0 unspecified atom stereocenters. The zero-order valence-electron chi connectivity index (χ0n) is 20.0. The van der Waals surface area contributed by atoms with Crippen molar-refractivity contribution in [1.82, 2.24) is 5.32 Å². The van der Waals surface area contributed by atoms with Crippen LogP contribution >= 0.6 is 0 Å². The Morgan fingerprint density at radius 2 is 1.49 bits per heavy atom. The Labute approximate surface area is 206 Å². The normalized spacial score (nSPS) is 12.5. The SMILES string of the molecule is CC(=N)c1ccc(CCC(=O)[C@H](Cc2ccc(O)cc2)NC(=O)[C@H](N)CCc2ccccc2)cc1. The average molecular weight is 472 g/mol. The molecule has 0 heterocycles. The monoisotopic (exact) mass is 471 g/mol. The number of hydrogen-bond acceptors (Lipinski definition) is 5. The van der Waals surface area contributed by atoms with Gasteiger partial charge in [0.25, 0.3) is 0 Å². The summed E-state index contributed by atoms with van der Waals surface area (Å²) in [6.07, 6.45) is 2.29. The number of phenolic OH excluding ortho intramolecular Hbond substituents is 1. The van der Waals surface area contributed by atoms with Crippen LogP contribution in [0.5, 0.6) is 5.75 Å². The van der Waals surface area contributed by atoms with E-state index in [4.69, 9.17) is 11.1 Å². The number of carbonyl (C=O) groups excluding carboxylic acids is 2. The van der Waals surface area contributed by atoms with Gasteiger partial charge in [-0.2, -0.15) is 0 Å². The molecule has 3 rings (SSSR count). The third-order valence-corrected chi connectivity index (χ3v) is 6.05. The molecule has 0 bridgehead atoms. The van der Waals surface area contributed by atoms with Gasteiger partial charge in [0.05, 0.1) is 12.1 Å². The summed E-state index contributed by atoms with van der Waals surface area (Å²) < 4.78 is 0. The summed E-state index contributed by atoms with van der Waals surface area (Å²) in [5, 5.41) is 20.2. The Bertz CT molecular complexity index is 1130. The summed E-state index contributed by atoms with van der Waals surface area (Å²) in [5.41, 5.74) is 10.4. The summed E-state index contributed by atoms with van der Waals surface area (Å²) in [6, 6.07) is 22.6. The number of carbonyl (C=O) groups is 2. The minimum absolute atomic E-state index is 0.0750. The van der Waals surface area contributed by atoms with Crippen LogP contribution in [0.15, 0.2) is 78.9 Å². The summed E-state index contributed by atoms with van der Waals surface area (Å²) in [6.45, 7) is 1.74. The molecule has 35 heavy (non-hydrogen) atoms. The van der Waals surface area contributed by atoms with Crippen molar-refractivity contribution < 1.29 is 14.7 Å². The molecule has 3 aromatic rings. The molecular weight excluding hydrogens is 438 g/mol. The lowest BCUT2D eigenvalue weighted by Crippen LogP contribution is -2.49. The third kappa shape index (κ3) is 8.19. The average Bonchev–Trinajstić information content (AvgIpc) is 2.87. The maximum Gasteiger partial charge on any atom is 0.237 e. The molecular formula is C29H33N3O3. The van der Waals surface area contributed by atoms with E-state index >= 15 is 0 Å². The van der Waals surface area contributed by atoms with Crippen molar-refractivity contribution >= 4 is 17.4 Å². The third-order valence-electron chi connectivity index (χ3n) is 6.05. The smallest absolute Gasteiger partial charge is 0.237 e. The van der Waals surface area contributed by atoms with E-state index in [1.807, 2.05) is 54.6 Å². The highest BCUT2D eigenvalue weighted by atomic mass is 16.3. The van der Waals surface area contributed by atoms with Crippen molar-refractivity contribution in [2.45, 2.75) is 51.1 Å². The number of nitrogens with two attached hydrogens (primary N) is 1. The number of amides is 1. The van der Waals surface area contributed by atoms with Gasteiger partial charge in [-0.1, -0.05) is 66.7 Å². The molecule has 0 aliphatic heterocycles. The quantitative estimate of drug-likeness (QED) is 0.299. The number of phenols is 1. The van der Waals surface area contributed by atoms with Gasteiger partial charge in [-0.25, -0.2) is 0 Å². The maximum absolute atomic E-state index is 13.2. The van der Waals surface area contributed by atoms with E-state index in [9.17, 15) is 14.7 Å². The number of aryl methyl sites for hydroxylation is 2. The van der Waals surface area contributed by atoms with Crippen molar-refractivity contribution in [2.75, 3.05) is 0 Å². The summed E-state index contributed by atoms with van der Waals surface area (Å²) in [5.74, 6) is -0.273. The lowest BCUT2D eigenvalue weighted by atomic mass is 9.96. The van der Waals surface area contributed by atoms with Gasteiger partial charge >= 0.3 is 0 Å². The molecule has 3 aromatic carbocycles. The Morgan fingerprint density at radius 1 is 0.886 bits per heavy atom. The van der Waals surface area contributed by atoms with Gasteiger partial charge < -0.3 is 21.6 Å². The largest absolute Gasteiger partial charge is 0.508 e. The second kappa shape index (κ2) is 12.6. The number of ketones is 1. The molecule has 0 spiro atoms. The van der Waals surface area contributed by atoms with Crippen molar-refractivity contribution in [2.24, 2.45) is 5.73 Å². The van der Waals surface area contributed by atoms with Gasteiger partial charge in [-0.3, -0.25) is 9.59 Å². The number of Topliss-reactive ketones (excluding diaryl/α,β-unsaturated/α-hetero) is 1. The number of aromatic hydroxyl groups is 1. The highest BCUT2D eigenvalue weighted by Gasteiger charge is 2.24. The first kappa shape index (κ1) is 25.8. The first-order valence-electron chi connectivity index (χ1n) is 11.9. The predicted molar refractivity (Wildman–Crippen MR) is 139 cm³/mol. The highest BCUT2D eigenvalue weighted by Crippen LogP contribution is 2.14. The summed E-state index contributed by atoms with van der Waals surface area (Å²) in [4.78, 5) is 26.0. The van der Waals surface area contributed by atoms with Crippen LogP contribution in [0, 0.1) is 5.41 Å². The van der Waals surface area contributed by atoms with Crippen LogP contribution in [0.1, 0.15) is 42.0 Å². The molecule has 0 saturated heterocycles. The van der Waals surface area contributed by atoms with Crippen molar-refractivity contribution in [1.29, 1.82) is 5.41 Å². The lowest BCUT2D eigenvalue weighted by molar-refractivity contribution is -0.128. The first-order chi connectivity index (χ1) is 16.8. The van der Waals surface area contributed by atoms with Crippen LogP contribution in [0.25, 0.3) is 0 Å². The Kier molecular flexibility index (Phi) is 9.32. The summed E-state index contributed by atoms with van der Waals surface area (Å²) in [7, 11) is 0. The van der Waals surface area contributed by atoms with E-state index in [0.29, 0.717) is 31.4 Å². The fourth-order valence-corrected chi connectivity index (χ4v) is 3.85. The van der Waals surface area contributed by atoms with Crippen LogP contribution in [0.4, 0.5) is 0 Å². The van der Waals surface area contributed by atoms with Crippen LogP contribution in [-0.4, -0.2) is 34.6 Å². The maximum atomic E-state index is 13.2. The van der Waals surface area contributed by atoms with Gasteiger partial charge in [0.2, 0.25) is 5.91 Å². The first-order valence-corrected chi connectivity index (χ1v) is 11.9. The van der Waals surface area contributed by atoms with Gasteiger partial charge in [-0.05, 0) is 67.0 Å². The highest BCUT2D eigenvalue weighted by molar-refractivity contribution is 5.96. The zero-order chi connectivity index (χ0) is 25.2. The number of hydrogen-bond donors (Lipinski definition) is 4. The molecule has 0 aromatic heterocycles. The molecule has 182 valence electrons. The fourth-order valence-electron chi connectivity index (χ4n) is 3.85. The van der Waals surface area contributed by atoms with E-state index < -0.39 is 12.1 Å². The lowest BCUT2D eigenvalue weighted by Gasteiger charge is -2.21. The van der Waals surface area contributed by atoms with Gasteiger partial charge in [-0.15, -0.1) is 0 Å². The van der Waals surface area contributed by atoms with Crippen molar-refractivity contribution in [3.05, 3.63) is 101 Å². The van der Waals surface area contributed by atoms with Gasteiger partial charge in [0.1, 0.15) is 5.75 Å². The molecule has 0 fully saturated rings. The van der Waals surface area contributed by atoms with Gasteiger partial charge in [0.15, 0.2) is 5.78 Å². The van der Waals surface area contributed by atoms with Crippen molar-refractivity contribution in [3.63, 3.8) is 0 Å². The van der Waals surface area contributed by atoms with Gasteiger partial charge in [0, 0.05) is 12.1 Å². The summed E-state index contributed by atoms with van der Waals surface area (Å²) >= 11 is 0. The number of rotatable bonds is 12.